The van der Waals surface area contributed by atoms with Crippen LogP contribution in [0.5, 0.6) is 0 Å². The van der Waals surface area contributed by atoms with Crippen molar-refractivity contribution >= 4 is 10.8 Å². The summed E-state index contributed by atoms with van der Waals surface area (Å²) in [5.74, 6) is 0.649. The molecule has 2 aromatic carbocycles. The third kappa shape index (κ3) is 2.91. The maximum absolute atomic E-state index is 3.51. The Hall–Kier alpha value is -1.34. The molecule has 2 rings (SSSR count). The van der Waals surface area contributed by atoms with Gasteiger partial charge in [0.05, 0.1) is 0 Å². The Morgan fingerprint density at radius 2 is 1.72 bits per heavy atom. The van der Waals surface area contributed by atoms with Gasteiger partial charge in [0.2, 0.25) is 0 Å². The predicted octanol–water partition coefficient (Wildman–Crippen LogP) is 4.02. The zero-order valence-corrected chi connectivity index (χ0v) is 11.6. The standard InChI is InChI=1S/C17H23N/c1-4-18-14(3)13(2)12-16-10-7-9-15-8-5-6-11-17(15)16/h5-11,13-14,18H,4,12H2,1-3H3. The Bertz CT molecular complexity index is 498. The van der Waals surface area contributed by atoms with Crippen molar-refractivity contribution in [2.75, 3.05) is 6.54 Å². The summed E-state index contributed by atoms with van der Waals surface area (Å²) in [7, 11) is 0. The number of benzene rings is 2. The fourth-order valence-electron chi connectivity index (χ4n) is 2.52. The van der Waals surface area contributed by atoms with Gasteiger partial charge in [-0.2, -0.15) is 0 Å². The number of hydrogen-bond acceptors (Lipinski definition) is 1. The fourth-order valence-corrected chi connectivity index (χ4v) is 2.52. The normalized spacial score (nSPS) is 14.6. The highest BCUT2D eigenvalue weighted by molar-refractivity contribution is 5.85. The molecule has 96 valence electrons. The van der Waals surface area contributed by atoms with Gasteiger partial charge < -0.3 is 5.32 Å². The molecule has 0 heterocycles. The summed E-state index contributed by atoms with van der Waals surface area (Å²) in [4.78, 5) is 0. The lowest BCUT2D eigenvalue weighted by Gasteiger charge is -2.21. The second kappa shape index (κ2) is 6.01. The van der Waals surface area contributed by atoms with Gasteiger partial charge in [-0.05, 0) is 42.1 Å². The van der Waals surface area contributed by atoms with Crippen LogP contribution in [0.3, 0.4) is 0 Å². The minimum atomic E-state index is 0.564. The Morgan fingerprint density at radius 1 is 1.00 bits per heavy atom. The van der Waals surface area contributed by atoms with Gasteiger partial charge in [-0.15, -0.1) is 0 Å². The van der Waals surface area contributed by atoms with Crippen molar-refractivity contribution in [2.45, 2.75) is 33.2 Å². The van der Waals surface area contributed by atoms with Gasteiger partial charge in [-0.1, -0.05) is 56.3 Å². The molecule has 0 bridgehead atoms. The van der Waals surface area contributed by atoms with Crippen molar-refractivity contribution in [3.05, 3.63) is 48.0 Å². The molecule has 0 aliphatic rings. The summed E-state index contributed by atoms with van der Waals surface area (Å²) >= 11 is 0. The predicted molar refractivity (Wildman–Crippen MR) is 80.0 cm³/mol. The van der Waals surface area contributed by atoms with Crippen LogP contribution in [-0.2, 0) is 6.42 Å². The average Bonchev–Trinajstić information content (AvgIpc) is 2.39. The van der Waals surface area contributed by atoms with Crippen LogP contribution >= 0.6 is 0 Å². The Labute approximate surface area is 110 Å². The SMILES string of the molecule is CCNC(C)C(C)Cc1cccc2ccccc12. The highest BCUT2D eigenvalue weighted by atomic mass is 14.9. The largest absolute Gasteiger partial charge is 0.314 e. The fraction of sp³-hybridized carbons (Fsp3) is 0.412. The van der Waals surface area contributed by atoms with E-state index in [1.54, 1.807) is 0 Å². The van der Waals surface area contributed by atoms with Crippen LogP contribution in [0.1, 0.15) is 26.3 Å². The molecule has 2 unspecified atom stereocenters. The molecule has 0 spiro atoms. The third-order valence-electron chi connectivity index (χ3n) is 3.80. The first-order valence-electron chi connectivity index (χ1n) is 6.92. The van der Waals surface area contributed by atoms with E-state index >= 15 is 0 Å². The van der Waals surface area contributed by atoms with E-state index in [2.05, 4.69) is 68.6 Å². The quantitative estimate of drug-likeness (QED) is 0.833. The lowest BCUT2D eigenvalue weighted by molar-refractivity contribution is 0.407. The highest BCUT2D eigenvalue weighted by Crippen LogP contribution is 2.22. The van der Waals surface area contributed by atoms with Gasteiger partial charge in [-0.3, -0.25) is 0 Å². The third-order valence-corrected chi connectivity index (χ3v) is 3.80. The van der Waals surface area contributed by atoms with Crippen molar-refractivity contribution in [3.8, 4) is 0 Å². The van der Waals surface area contributed by atoms with Crippen molar-refractivity contribution in [1.29, 1.82) is 0 Å². The Morgan fingerprint density at radius 3 is 2.50 bits per heavy atom. The van der Waals surface area contributed by atoms with Gasteiger partial charge in [0.15, 0.2) is 0 Å². The molecule has 0 saturated heterocycles. The van der Waals surface area contributed by atoms with Gasteiger partial charge in [0.25, 0.3) is 0 Å². The van der Waals surface area contributed by atoms with Crippen molar-refractivity contribution in [1.82, 2.24) is 5.32 Å². The zero-order valence-electron chi connectivity index (χ0n) is 11.6. The summed E-state index contributed by atoms with van der Waals surface area (Å²) in [6.07, 6.45) is 1.13. The van der Waals surface area contributed by atoms with E-state index in [4.69, 9.17) is 0 Å². The number of fused-ring (bicyclic) bond motifs is 1. The monoisotopic (exact) mass is 241 g/mol. The zero-order chi connectivity index (χ0) is 13.0. The molecule has 2 atom stereocenters. The summed E-state index contributed by atoms with van der Waals surface area (Å²) in [6, 6.07) is 15.8. The van der Waals surface area contributed by atoms with Gasteiger partial charge >= 0.3 is 0 Å². The summed E-state index contributed by atoms with van der Waals surface area (Å²) in [5.41, 5.74) is 1.46. The molecule has 2 aromatic rings. The van der Waals surface area contributed by atoms with Crippen LogP contribution in [0, 0.1) is 5.92 Å². The molecule has 18 heavy (non-hydrogen) atoms. The summed E-state index contributed by atoms with van der Waals surface area (Å²) in [5, 5.41) is 6.26. The maximum Gasteiger partial charge on any atom is 0.00674 e. The second-order valence-corrected chi connectivity index (χ2v) is 5.17. The van der Waals surface area contributed by atoms with Crippen LogP contribution in [0.25, 0.3) is 10.8 Å². The van der Waals surface area contributed by atoms with E-state index in [1.165, 1.54) is 16.3 Å². The molecule has 0 aliphatic heterocycles. The molecular weight excluding hydrogens is 218 g/mol. The number of hydrogen-bond donors (Lipinski definition) is 1. The molecular formula is C17H23N. The molecule has 0 fully saturated rings. The topological polar surface area (TPSA) is 12.0 Å². The highest BCUT2D eigenvalue weighted by Gasteiger charge is 2.12. The number of rotatable bonds is 5. The van der Waals surface area contributed by atoms with Crippen molar-refractivity contribution in [2.24, 2.45) is 5.92 Å². The van der Waals surface area contributed by atoms with Gasteiger partial charge in [0.1, 0.15) is 0 Å². The molecule has 0 aromatic heterocycles. The molecule has 1 nitrogen and oxygen atoms in total. The second-order valence-electron chi connectivity index (χ2n) is 5.17. The van der Waals surface area contributed by atoms with Crippen LogP contribution < -0.4 is 5.32 Å². The van der Waals surface area contributed by atoms with Gasteiger partial charge in [0, 0.05) is 6.04 Å². The minimum Gasteiger partial charge on any atom is -0.314 e. The van der Waals surface area contributed by atoms with Gasteiger partial charge in [-0.25, -0.2) is 0 Å². The van der Waals surface area contributed by atoms with Crippen LogP contribution in [0.15, 0.2) is 42.5 Å². The first kappa shape index (κ1) is 13.1. The molecule has 1 heteroatoms. The van der Waals surface area contributed by atoms with Crippen LogP contribution in [0.2, 0.25) is 0 Å². The van der Waals surface area contributed by atoms with E-state index < -0.39 is 0 Å². The smallest absolute Gasteiger partial charge is 0.00674 e. The molecule has 0 radical (unpaired) electrons. The van der Waals surface area contributed by atoms with E-state index in [9.17, 15) is 0 Å². The average molecular weight is 241 g/mol. The van der Waals surface area contributed by atoms with E-state index in [1.807, 2.05) is 0 Å². The van der Waals surface area contributed by atoms with E-state index in [-0.39, 0.29) is 0 Å². The van der Waals surface area contributed by atoms with Crippen LogP contribution in [0.4, 0.5) is 0 Å². The van der Waals surface area contributed by atoms with Crippen molar-refractivity contribution < 1.29 is 0 Å². The Kier molecular flexibility index (Phi) is 4.38. The lowest BCUT2D eigenvalue weighted by Crippen LogP contribution is -2.32. The summed E-state index contributed by atoms with van der Waals surface area (Å²) in [6.45, 7) is 7.82. The molecule has 0 saturated carbocycles. The maximum atomic E-state index is 3.51. The minimum absolute atomic E-state index is 0.564. The van der Waals surface area contributed by atoms with Crippen molar-refractivity contribution in [3.63, 3.8) is 0 Å². The lowest BCUT2D eigenvalue weighted by atomic mass is 9.92. The Balaban J connectivity index is 2.21. The molecule has 1 N–H and O–H groups in total. The first-order valence-corrected chi connectivity index (χ1v) is 6.92. The number of nitrogens with one attached hydrogen (secondary N) is 1. The van der Waals surface area contributed by atoms with E-state index in [0.29, 0.717) is 12.0 Å². The van der Waals surface area contributed by atoms with E-state index in [0.717, 1.165) is 13.0 Å². The summed E-state index contributed by atoms with van der Waals surface area (Å²) < 4.78 is 0. The first-order chi connectivity index (χ1) is 8.72. The van der Waals surface area contributed by atoms with Crippen LogP contribution in [-0.4, -0.2) is 12.6 Å². The molecule has 0 amide bonds. The molecule has 0 aliphatic carbocycles.